The number of hydrogen-bond acceptors (Lipinski definition) is 4. The summed E-state index contributed by atoms with van der Waals surface area (Å²) in [7, 11) is 0. The van der Waals surface area contributed by atoms with Crippen LogP contribution in [0.1, 0.15) is 12.5 Å². The molecular weight excluding hydrogens is 343 g/mol. The van der Waals surface area contributed by atoms with Gasteiger partial charge < -0.3 is 10.1 Å². The number of carbonyl (C=O) groups is 1. The minimum atomic E-state index is -0.783. The number of anilines is 1. The largest absolute Gasteiger partial charge is 0.481 e. The second-order valence-electron chi connectivity index (χ2n) is 4.97. The van der Waals surface area contributed by atoms with Crippen molar-refractivity contribution < 1.29 is 13.9 Å². The highest BCUT2D eigenvalue weighted by Crippen LogP contribution is 2.13. The quantitative estimate of drug-likeness (QED) is 0.575. The first-order valence-electron chi connectivity index (χ1n) is 7.27. The Morgan fingerprint density at radius 1 is 1.16 bits per heavy atom. The van der Waals surface area contributed by atoms with Gasteiger partial charge in [-0.15, -0.1) is 0 Å². The number of halogens is 1. The first-order valence-corrected chi connectivity index (χ1v) is 7.68. The van der Waals surface area contributed by atoms with Crippen molar-refractivity contribution in [1.29, 1.82) is 5.26 Å². The fraction of sp³-hybridized carbons (Fsp3) is 0.118. The van der Waals surface area contributed by atoms with Gasteiger partial charge in [0.25, 0.3) is 5.91 Å². The van der Waals surface area contributed by atoms with E-state index in [1.54, 1.807) is 31.2 Å². The summed E-state index contributed by atoms with van der Waals surface area (Å²) >= 11 is 5.03. The zero-order chi connectivity index (χ0) is 18.2. The molecule has 6 nitrogen and oxygen atoms in total. The fourth-order valence-corrected chi connectivity index (χ4v) is 1.95. The number of hydrogen-bond donors (Lipinski definition) is 3. The van der Waals surface area contributed by atoms with Crippen molar-refractivity contribution in [2.75, 3.05) is 5.32 Å². The number of thiocarbonyl (C=S) groups is 1. The maximum Gasteiger partial charge on any atom is 0.279 e. The molecule has 1 atom stereocenters. The van der Waals surface area contributed by atoms with Crippen LogP contribution >= 0.6 is 12.2 Å². The van der Waals surface area contributed by atoms with Gasteiger partial charge in [0.05, 0.1) is 11.6 Å². The van der Waals surface area contributed by atoms with Gasteiger partial charge in [0.2, 0.25) is 0 Å². The van der Waals surface area contributed by atoms with Gasteiger partial charge in [-0.25, -0.2) is 4.39 Å². The van der Waals surface area contributed by atoms with E-state index >= 15 is 0 Å². The maximum absolute atomic E-state index is 12.8. The number of nitrogens with zero attached hydrogens (tertiary/aromatic N) is 1. The van der Waals surface area contributed by atoms with E-state index in [0.29, 0.717) is 17.0 Å². The van der Waals surface area contributed by atoms with E-state index in [9.17, 15) is 9.18 Å². The van der Waals surface area contributed by atoms with Gasteiger partial charge in [-0.05, 0) is 67.7 Å². The number of ether oxygens (including phenoxy) is 1. The molecule has 0 fully saturated rings. The Labute approximate surface area is 149 Å². The molecule has 0 saturated carbocycles. The standard InChI is InChI=1S/C17H15FN4O2S/c1-11(24-15-8-2-12(10-19)3-9-15)16(23)21-22-17(25)20-14-6-4-13(18)5-7-14/h2-9,11H,1H3,(H,21,23)(H2,20,22,25)/t11-/m0/s1. The highest BCUT2D eigenvalue weighted by Gasteiger charge is 2.14. The molecular formula is C17H15FN4O2S. The number of rotatable bonds is 4. The van der Waals surface area contributed by atoms with E-state index in [0.717, 1.165) is 0 Å². The summed E-state index contributed by atoms with van der Waals surface area (Å²) in [5.41, 5.74) is 6.03. The molecule has 0 aromatic heterocycles. The lowest BCUT2D eigenvalue weighted by Crippen LogP contribution is -2.48. The SMILES string of the molecule is C[C@H](Oc1ccc(C#N)cc1)C(=O)NNC(=S)Nc1ccc(F)cc1. The molecule has 2 rings (SSSR count). The van der Waals surface area contributed by atoms with E-state index in [1.807, 2.05) is 6.07 Å². The lowest BCUT2D eigenvalue weighted by atomic mass is 10.2. The van der Waals surface area contributed by atoms with Crippen LogP contribution in [0.2, 0.25) is 0 Å². The Morgan fingerprint density at radius 3 is 2.40 bits per heavy atom. The first-order chi connectivity index (χ1) is 12.0. The third kappa shape index (κ3) is 5.75. The molecule has 0 aliphatic rings. The van der Waals surface area contributed by atoms with E-state index in [2.05, 4.69) is 16.2 Å². The van der Waals surface area contributed by atoms with Crippen molar-refractivity contribution in [2.24, 2.45) is 0 Å². The molecule has 0 aliphatic carbocycles. The topological polar surface area (TPSA) is 86.2 Å². The Balaban J connectivity index is 1.79. The van der Waals surface area contributed by atoms with Crippen molar-refractivity contribution in [1.82, 2.24) is 10.9 Å². The summed E-state index contributed by atoms with van der Waals surface area (Å²) in [6.45, 7) is 1.58. The van der Waals surface area contributed by atoms with Gasteiger partial charge in [0.1, 0.15) is 11.6 Å². The summed E-state index contributed by atoms with van der Waals surface area (Å²) in [5.74, 6) is -0.326. The molecule has 128 valence electrons. The Morgan fingerprint density at radius 2 is 1.80 bits per heavy atom. The van der Waals surface area contributed by atoms with Crippen molar-refractivity contribution in [3.8, 4) is 11.8 Å². The summed E-state index contributed by atoms with van der Waals surface area (Å²) < 4.78 is 18.3. The molecule has 0 heterocycles. The van der Waals surface area contributed by atoms with Crippen LogP contribution in [-0.4, -0.2) is 17.1 Å². The van der Waals surface area contributed by atoms with Gasteiger partial charge in [-0.2, -0.15) is 5.26 Å². The number of hydrazine groups is 1. The minimum absolute atomic E-state index is 0.144. The summed E-state index contributed by atoms with van der Waals surface area (Å²) in [4.78, 5) is 12.0. The van der Waals surface area contributed by atoms with E-state index in [-0.39, 0.29) is 10.9 Å². The normalized spacial score (nSPS) is 10.9. The highest BCUT2D eigenvalue weighted by atomic mass is 32.1. The molecule has 25 heavy (non-hydrogen) atoms. The lowest BCUT2D eigenvalue weighted by molar-refractivity contribution is -0.127. The maximum atomic E-state index is 12.8. The molecule has 3 N–H and O–H groups in total. The van der Waals surface area contributed by atoms with Crippen LogP contribution in [0.15, 0.2) is 48.5 Å². The molecule has 8 heteroatoms. The van der Waals surface area contributed by atoms with Gasteiger partial charge in [0, 0.05) is 5.69 Å². The Kier molecular flexibility index (Phi) is 6.26. The van der Waals surface area contributed by atoms with Gasteiger partial charge >= 0.3 is 0 Å². The monoisotopic (exact) mass is 358 g/mol. The minimum Gasteiger partial charge on any atom is -0.481 e. The van der Waals surface area contributed by atoms with Crippen LogP contribution in [0, 0.1) is 17.1 Å². The third-order valence-electron chi connectivity index (χ3n) is 3.07. The highest BCUT2D eigenvalue weighted by molar-refractivity contribution is 7.80. The predicted octanol–water partition coefficient (Wildman–Crippen LogP) is 2.48. The molecule has 2 aromatic rings. The van der Waals surface area contributed by atoms with E-state index < -0.39 is 12.0 Å². The van der Waals surface area contributed by atoms with Crippen LogP contribution in [0.25, 0.3) is 0 Å². The molecule has 0 spiro atoms. The first kappa shape index (κ1) is 18.2. The molecule has 1 amide bonds. The molecule has 0 saturated heterocycles. The van der Waals surface area contributed by atoms with Crippen LogP contribution in [0.4, 0.5) is 10.1 Å². The zero-order valence-corrected chi connectivity index (χ0v) is 14.1. The Bertz CT molecular complexity index is 788. The number of benzene rings is 2. The second-order valence-corrected chi connectivity index (χ2v) is 5.38. The molecule has 0 bridgehead atoms. The van der Waals surface area contributed by atoms with Crippen molar-refractivity contribution in [3.63, 3.8) is 0 Å². The summed E-state index contributed by atoms with van der Waals surface area (Å²) in [5, 5.41) is 11.7. The average Bonchev–Trinajstić information content (AvgIpc) is 2.62. The van der Waals surface area contributed by atoms with E-state index in [4.69, 9.17) is 22.2 Å². The van der Waals surface area contributed by atoms with Gasteiger partial charge in [0.15, 0.2) is 11.2 Å². The average molecular weight is 358 g/mol. The van der Waals surface area contributed by atoms with Crippen LogP contribution in [-0.2, 0) is 4.79 Å². The second kappa shape index (κ2) is 8.61. The zero-order valence-electron chi connectivity index (χ0n) is 13.2. The smallest absolute Gasteiger partial charge is 0.279 e. The Hall–Kier alpha value is -3.18. The summed E-state index contributed by atoms with van der Waals surface area (Å²) in [6.07, 6.45) is -0.783. The molecule has 0 radical (unpaired) electrons. The number of nitriles is 1. The number of amides is 1. The number of carbonyl (C=O) groups excluding carboxylic acids is 1. The van der Waals surface area contributed by atoms with Crippen molar-refractivity contribution in [2.45, 2.75) is 13.0 Å². The molecule has 2 aromatic carbocycles. The lowest BCUT2D eigenvalue weighted by Gasteiger charge is -2.16. The molecule has 0 unspecified atom stereocenters. The van der Waals surface area contributed by atoms with Gasteiger partial charge in [-0.3, -0.25) is 15.6 Å². The van der Waals surface area contributed by atoms with Crippen LogP contribution < -0.4 is 20.9 Å². The van der Waals surface area contributed by atoms with Crippen molar-refractivity contribution in [3.05, 3.63) is 59.9 Å². The van der Waals surface area contributed by atoms with Crippen molar-refractivity contribution >= 4 is 28.9 Å². The van der Waals surface area contributed by atoms with Crippen LogP contribution in [0.5, 0.6) is 5.75 Å². The fourth-order valence-electron chi connectivity index (χ4n) is 1.78. The van der Waals surface area contributed by atoms with Gasteiger partial charge in [-0.1, -0.05) is 0 Å². The van der Waals surface area contributed by atoms with E-state index in [1.165, 1.54) is 24.3 Å². The summed E-state index contributed by atoms with van der Waals surface area (Å²) in [6, 6.07) is 14.0. The number of nitrogens with one attached hydrogen (secondary N) is 3. The predicted molar refractivity (Wildman–Crippen MR) is 95.1 cm³/mol. The molecule has 0 aliphatic heterocycles. The third-order valence-corrected chi connectivity index (χ3v) is 3.27. The van der Waals surface area contributed by atoms with Crippen LogP contribution in [0.3, 0.4) is 0 Å².